The summed E-state index contributed by atoms with van der Waals surface area (Å²) in [6, 6.07) is 0. The molecule has 0 radical (unpaired) electrons. The van der Waals surface area contributed by atoms with Gasteiger partial charge in [0.15, 0.2) is 0 Å². The number of hydrazone groups is 1. The van der Waals surface area contributed by atoms with Crippen molar-refractivity contribution in [3.8, 4) is 0 Å². The maximum absolute atomic E-state index is 11.6. The van der Waals surface area contributed by atoms with Crippen molar-refractivity contribution in [2.75, 3.05) is 13.1 Å². The van der Waals surface area contributed by atoms with Crippen molar-refractivity contribution in [3.63, 3.8) is 0 Å². The van der Waals surface area contributed by atoms with E-state index < -0.39 is 0 Å². The number of carbonyl (C=O) groups excluding carboxylic acids is 1. The Morgan fingerprint density at radius 3 is 2.38 bits per heavy atom. The molecule has 0 aromatic heterocycles. The van der Waals surface area contributed by atoms with Crippen LogP contribution in [0.25, 0.3) is 0 Å². The second-order valence-corrected chi connectivity index (χ2v) is 3.12. The van der Waals surface area contributed by atoms with E-state index in [9.17, 15) is 4.79 Å². The smallest absolute Gasteiger partial charge is 0.264 e. The van der Waals surface area contributed by atoms with Crippen LogP contribution in [0.2, 0.25) is 0 Å². The Labute approximate surface area is 97.1 Å². The van der Waals surface area contributed by atoms with E-state index in [4.69, 9.17) is 0 Å². The average Bonchev–Trinajstić information content (AvgIpc) is 2.29. The molecule has 0 aromatic carbocycles. The van der Waals surface area contributed by atoms with Gasteiger partial charge in [-0.15, -0.1) is 0 Å². The molecule has 0 heterocycles. The molecule has 0 N–H and O–H groups in total. The molecule has 5 nitrogen and oxygen atoms in total. The molecule has 0 rings (SSSR count). The van der Waals surface area contributed by atoms with Crippen LogP contribution in [0.1, 0.15) is 20.8 Å². The lowest BCUT2D eigenvalue weighted by molar-refractivity contribution is -0.123. The van der Waals surface area contributed by atoms with Gasteiger partial charge in [0, 0.05) is 26.0 Å². The maximum Gasteiger partial charge on any atom is 0.264 e. The van der Waals surface area contributed by atoms with Gasteiger partial charge in [-0.05, 0) is 20.8 Å². The van der Waals surface area contributed by atoms with E-state index in [1.54, 1.807) is 4.90 Å². The van der Waals surface area contributed by atoms with Gasteiger partial charge in [-0.25, -0.2) is 5.01 Å². The second-order valence-electron chi connectivity index (χ2n) is 3.12. The Hall–Kier alpha value is -1.65. The molecular formula is C11H20N4O. The van der Waals surface area contributed by atoms with Crippen LogP contribution in [0.5, 0.6) is 0 Å². The minimum absolute atomic E-state index is 0.0927. The fraction of sp³-hybridized carbons (Fsp3) is 0.545. The largest absolute Gasteiger partial charge is 0.338 e. The van der Waals surface area contributed by atoms with E-state index in [2.05, 4.69) is 23.4 Å². The molecule has 16 heavy (non-hydrogen) atoms. The first kappa shape index (κ1) is 14.3. The number of hydrogen-bond donors (Lipinski definition) is 0. The van der Waals surface area contributed by atoms with E-state index in [0.717, 1.165) is 0 Å². The zero-order chi connectivity index (χ0) is 12.6. The SMILES string of the molecule is C=CN(N=C)C(C)/N=C/C(=O)N(CC)CC. The molecule has 0 aliphatic heterocycles. The van der Waals surface area contributed by atoms with Crippen molar-refractivity contribution in [2.24, 2.45) is 10.1 Å². The zero-order valence-electron chi connectivity index (χ0n) is 10.3. The van der Waals surface area contributed by atoms with Crippen molar-refractivity contribution >= 4 is 18.8 Å². The van der Waals surface area contributed by atoms with E-state index >= 15 is 0 Å². The highest BCUT2D eigenvalue weighted by molar-refractivity contribution is 6.26. The molecule has 0 bridgehead atoms. The quantitative estimate of drug-likeness (QED) is 0.484. The Morgan fingerprint density at radius 2 is 2.00 bits per heavy atom. The average molecular weight is 224 g/mol. The molecule has 1 atom stereocenters. The molecule has 1 amide bonds. The Morgan fingerprint density at radius 1 is 1.44 bits per heavy atom. The van der Waals surface area contributed by atoms with Gasteiger partial charge in [0.05, 0.1) is 6.21 Å². The number of amides is 1. The summed E-state index contributed by atoms with van der Waals surface area (Å²) in [5, 5.41) is 5.17. The van der Waals surface area contributed by atoms with Gasteiger partial charge in [-0.2, -0.15) is 5.10 Å². The summed E-state index contributed by atoms with van der Waals surface area (Å²) in [6.45, 7) is 14.0. The third-order valence-corrected chi connectivity index (χ3v) is 2.21. The van der Waals surface area contributed by atoms with Gasteiger partial charge in [-0.1, -0.05) is 6.58 Å². The molecule has 0 aliphatic rings. The van der Waals surface area contributed by atoms with Crippen LogP contribution in [0.3, 0.4) is 0 Å². The topological polar surface area (TPSA) is 48.3 Å². The molecule has 1 unspecified atom stereocenters. The van der Waals surface area contributed by atoms with Crippen LogP contribution in [0, 0.1) is 0 Å². The van der Waals surface area contributed by atoms with E-state index in [1.807, 2.05) is 20.8 Å². The molecule has 0 aliphatic carbocycles. The molecule has 5 heteroatoms. The summed E-state index contributed by atoms with van der Waals surface area (Å²) >= 11 is 0. The lowest BCUT2D eigenvalue weighted by atomic mass is 10.4. The highest BCUT2D eigenvalue weighted by Crippen LogP contribution is 2.00. The number of nitrogens with zero attached hydrogens (tertiary/aromatic N) is 4. The van der Waals surface area contributed by atoms with Gasteiger partial charge < -0.3 is 4.90 Å². The number of carbonyl (C=O) groups is 1. The second kappa shape index (κ2) is 7.62. The van der Waals surface area contributed by atoms with Crippen LogP contribution >= 0.6 is 0 Å². The highest BCUT2D eigenvalue weighted by atomic mass is 16.2. The minimum Gasteiger partial charge on any atom is -0.338 e. The third kappa shape index (κ3) is 4.25. The molecule has 0 saturated carbocycles. The van der Waals surface area contributed by atoms with Crippen molar-refractivity contribution in [2.45, 2.75) is 26.9 Å². The van der Waals surface area contributed by atoms with E-state index in [1.165, 1.54) is 17.4 Å². The molecular weight excluding hydrogens is 204 g/mol. The number of aliphatic imine (C=N–C) groups is 1. The maximum atomic E-state index is 11.6. The van der Waals surface area contributed by atoms with Crippen LogP contribution in [-0.4, -0.2) is 48.0 Å². The number of rotatable bonds is 7. The van der Waals surface area contributed by atoms with E-state index in [-0.39, 0.29) is 12.1 Å². The Bertz CT molecular complexity index is 263. The van der Waals surface area contributed by atoms with Crippen molar-refractivity contribution in [3.05, 3.63) is 12.8 Å². The molecule has 0 spiro atoms. The third-order valence-electron chi connectivity index (χ3n) is 2.21. The fourth-order valence-corrected chi connectivity index (χ4v) is 1.19. The standard InChI is InChI=1S/C11H20N4O/c1-6-14(7-2)11(16)9-13-10(4)15(8-3)12-5/h8-10H,3,5-7H2,1-2,4H3/b13-9+. The first-order valence-corrected chi connectivity index (χ1v) is 5.30. The first-order valence-electron chi connectivity index (χ1n) is 5.30. The molecule has 0 fully saturated rings. The zero-order valence-corrected chi connectivity index (χ0v) is 10.3. The van der Waals surface area contributed by atoms with Crippen LogP contribution in [-0.2, 0) is 4.79 Å². The summed E-state index contributed by atoms with van der Waals surface area (Å²) in [4.78, 5) is 17.4. The van der Waals surface area contributed by atoms with Gasteiger partial charge >= 0.3 is 0 Å². The predicted octanol–water partition coefficient (Wildman–Crippen LogP) is 1.33. The summed E-state index contributed by atoms with van der Waals surface area (Å²) in [6.07, 6.45) is 2.56. The van der Waals surface area contributed by atoms with Gasteiger partial charge in [0.2, 0.25) is 0 Å². The monoisotopic (exact) mass is 224 g/mol. The first-order chi connectivity index (χ1) is 7.60. The normalized spacial score (nSPS) is 12.2. The molecule has 0 saturated heterocycles. The summed E-state index contributed by atoms with van der Waals surface area (Å²) < 4.78 is 0. The van der Waals surface area contributed by atoms with Crippen LogP contribution in [0.4, 0.5) is 0 Å². The van der Waals surface area contributed by atoms with Gasteiger partial charge in [-0.3, -0.25) is 9.79 Å². The molecule has 90 valence electrons. The summed E-state index contributed by atoms with van der Waals surface area (Å²) in [7, 11) is 0. The minimum atomic E-state index is -0.269. The van der Waals surface area contributed by atoms with Crippen molar-refractivity contribution in [1.82, 2.24) is 9.91 Å². The van der Waals surface area contributed by atoms with Gasteiger partial charge in [0.25, 0.3) is 5.91 Å². The Balaban J connectivity index is 4.41. The van der Waals surface area contributed by atoms with Gasteiger partial charge in [0.1, 0.15) is 6.17 Å². The van der Waals surface area contributed by atoms with E-state index in [0.29, 0.717) is 13.1 Å². The lowest BCUT2D eigenvalue weighted by Crippen LogP contribution is -2.32. The lowest BCUT2D eigenvalue weighted by Gasteiger charge is -2.19. The summed E-state index contributed by atoms with van der Waals surface area (Å²) in [5.74, 6) is -0.0927. The van der Waals surface area contributed by atoms with Crippen LogP contribution in [0.15, 0.2) is 22.9 Å². The fourth-order valence-electron chi connectivity index (χ4n) is 1.19. The highest BCUT2D eigenvalue weighted by Gasteiger charge is 2.08. The predicted molar refractivity (Wildman–Crippen MR) is 67.5 cm³/mol. The number of hydrogen-bond acceptors (Lipinski definition) is 4. The van der Waals surface area contributed by atoms with Crippen molar-refractivity contribution in [1.29, 1.82) is 0 Å². The van der Waals surface area contributed by atoms with Crippen LogP contribution < -0.4 is 0 Å². The molecule has 0 aromatic rings. The summed E-state index contributed by atoms with van der Waals surface area (Å²) in [5.41, 5.74) is 0. The van der Waals surface area contributed by atoms with Crippen molar-refractivity contribution < 1.29 is 4.79 Å². The Kier molecular flexibility index (Phi) is 6.83.